The summed E-state index contributed by atoms with van der Waals surface area (Å²) >= 11 is 0. The average molecular weight is 478 g/mol. The molecule has 1 aromatic rings. The molecule has 26 heavy (non-hydrogen) atoms. The van der Waals surface area contributed by atoms with Crippen LogP contribution in [-0.4, -0.2) is 72.0 Å². The van der Waals surface area contributed by atoms with E-state index in [4.69, 9.17) is 9.47 Å². The first-order valence-electron chi connectivity index (χ1n) is 8.82. The third-order valence-corrected chi connectivity index (χ3v) is 3.96. The first-order valence-corrected chi connectivity index (χ1v) is 8.82. The molecule has 0 aliphatic carbocycles. The van der Waals surface area contributed by atoms with Crippen molar-refractivity contribution < 1.29 is 9.47 Å². The van der Waals surface area contributed by atoms with Crippen LogP contribution >= 0.6 is 24.0 Å². The summed E-state index contributed by atoms with van der Waals surface area (Å²) in [5.74, 6) is 0.816. The van der Waals surface area contributed by atoms with E-state index in [2.05, 4.69) is 65.8 Å². The van der Waals surface area contributed by atoms with Crippen molar-refractivity contribution in [1.82, 2.24) is 15.5 Å². The quantitative estimate of drug-likeness (QED) is 0.222. The van der Waals surface area contributed by atoms with Crippen LogP contribution in [0.2, 0.25) is 0 Å². The van der Waals surface area contributed by atoms with Crippen molar-refractivity contribution >= 4 is 29.9 Å². The Morgan fingerprint density at radius 1 is 1.12 bits per heavy atom. The van der Waals surface area contributed by atoms with Gasteiger partial charge in [-0.25, -0.2) is 0 Å². The molecule has 0 spiro atoms. The van der Waals surface area contributed by atoms with Crippen molar-refractivity contribution in [1.29, 1.82) is 0 Å². The third kappa shape index (κ3) is 10.3. The second-order valence-corrected chi connectivity index (χ2v) is 6.23. The van der Waals surface area contributed by atoms with E-state index in [1.165, 1.54) is 11.1 Å². The van der Waals surface area contributed by atoms with Crippen LogP contribution in [-0.2, 0) is 9.47 Å². The standard InChI is InChI=1S/C19H34N4O2.HI/c1-16-7-9-17(10-8-16)18(23(3)4)15-22-19(20-2)21-11-6-12-25-14-13-24-5;/h7-10,18H,6,11-15H2,1-5H3,(H2,20,21,22);1H. The van der Waals surface area contributed by atoms with Gasteiger partial charge < -0.3 is 25.0 Å². The molecule has 0 heterocycles. The molecule has 0 saturated heterocycles. The Morgan fingerprint density at radius 2 is 1.81 bits per heavy atom. The molecule has 0 aromatic heterocycles. The van der Waals surface area contributed by atoms with Crippen LogP contribution in [0.25, 0.3) is 0 Å². The minimum Gasteiger partial charge on any atom is -0.382 e. The fourth-order valence-electron chi connectivity index (χ4n) is 2.43. The molecule has 0 saturated carbocycles. The maximum absolute atomic E-state index is 5.45. The summed E-state index contributed by atoms with van der Waals surface area (Å²) in [5, 5.41) is 6.74. The summed E-state index contributed by atoms with van der Waals surface area (Å²) in [7, 11) is 7.67. The molecule has 1 atom stereocenters. The fraction of sp³-hybridized carbons (Fsp3) is 0.632. The highest BCUT2D eigenvalue weighted by Gasteiger charge is 2.14. The smallest absolute Gasteiger partial charge is 0.191 e. The van der Waals surface area contributed by atoms with Crippen molar-refractivity contribution in [3.63, 3.8) is 0 Å². The van der Waals surface area contributed by atoms with Gasteiger partial charge in [-0.15, -0.1) is 24.0 Å². The zero-order chi connectivity index (χ0) is 18.5. The van der Waals surface area contributed by atoms with Crippen LogP contribution < -0.4 is 10.6 Å². The van der Waals surface area contributed by atoms with Gasteiger partial charge in [-0.1, -0.05) is 29.8 Å². The summed E-state index contributed by atoms with van der Waals surface area (Å²) in [6.45, 7) is 5.73. The second-order valence-electron chi connectivity index (χ2n) is 6.23. The molecular weight excluding hydrogens is 443 g/mol. The number of aryl methyl sites for hydroxylation is 1. The maximum Gasteiger partial charge on any atom is 0.191 e. The van der Waals surface area contributed by atoms with Crippen molar-refractivity contribution in [3.05, 3.63) is 35.4 Å². The first-order chi connectivity index (χ1) is 12.1. The van der Waals surface area contributed by atoms with Crippen molar-refractivity contribution in [3.8, 4) is 0 Å². The highest BCUT2D eigenvalue weighted by atomic mass is 127. The van der Waals surface area contributed by atoms with Crippen LogP contribution in [0.15, 0.2) is 29.3 Å². The molecule has 0 aliphatic heterocycles. The van der Waals surface area contributed by atoms with E-state index < -0.39 is 0 Å². The summed E-state index contributed by atoms with van der Waals surface area (Å²) in [4.78, 5) is 6.51. The number of benzene rings is 1. The summed E-state index contributed by atoms with van der Waals surface area (Å²) in [5.41, 5.74) is 2.57. The largest absolute Gasteiger partial charge is 0.382 e. The van der Waals surface area contributed by atoms with E-state index in [0.29, 0.717) is 13.2 Å². The SMILES string of the molecule is CN=C(NCCCOCCOC)NCC(c1ccc(C)cc1)N(C)C.I. The van der Waals surface area contributed by atoms with E-state index in [1.807, 2.05) is 0 Å². The Kier molecular flexibility index (Phi) is 14.7. The number of ether oxygens (including phenoxy) is 2. The molecule has 0 bridgehead atoms. The van der Waals surface area contributed by atoms with Crippen LogP contribution in [0.3, 0.4) is 0 Å². The molecule has 6 nitrogen and oxygen atoms in total. The average Bonchev–Trinajstić information content (AvgIpc) is 2.60. The van der Waals surface area contributed by atoms with E-state index in [0.717, 1.165) is 32.1 Å². The van der Waals surface area contributed by atoms with Crippen molar-refractivity contribution in [2.24, 2.45) is 4.99 Å². The van der Waals surface area contributed by atoms with Gasteiger partial charge in [0.15, 0.2) is 5.96 Å². The number of nitrogens with zero attached hydrogens (tertiary/aromatic N) is 2. The molecule has 1 unspecified atom stereocenters. The van der Waals surface area contributed by atoms with Gasteiger partial charge in [-0.2, -0.15) is 0 Å². The third-order valence-electron chi connectivity index (χ3n) is 3.96. The van der Waals surface area contributed by atoms with E-state index >= 15 is 0 Å². The number of nitrogens with one attached hydrogen (secondary N) is 2. The van der Waals surface area contributed by atoms with Gasteiger partial charge in [0.2, 0.25) is 0 Å². The predicted molar refractivity (Wildman–Crippen MR) is 120 cm³/mol. The first kappa shape index (κ1) is 25.1. The van der Waals surface area contributed by atoms with Gasteiger partial charge >= 0.3 is 0 Å². The monoisotopic (exact) mass is 478 g/mol. The topological polar surface area (TPSA) is 58.1 Å². The Balaban J connectivity index is 0.00000625. The summed E-state index contributed by atoms with van der Waals surface area (Å²) in [6.07, 6.45) is 0.930. The van der Waals surface area contributed by atoms with E-state index in [1.54, 1.807) is 14.2 Å². The minimum absolute atomic E-state index is 0. The summed E-state index contributed by atoms with van der Waals surface area (Å²) in [6, 6.07) is 8.98. The molecular formula is C19H35IN4O2. The number of guanidine groups is 1. The van der Waals surface area contributed by atoms with Gasteiger partial charge in [-0.3, -0.25) is 4.99 Å². The molecule has 0 aliphatic rings. The lowest BCUT2D eigenvalue weighted by molar-refractivity contribution is 0.0698. The lowest BCUT2D eigenvalue weighted by Crippen LogP contribution is -2.42. The molecule has 0 radical (unpaired) electrons. The fourth-order valence-corrected chi connectivity index (χ4v) is 2.43. The highest BCUT2D eigenvalue weighted by Crippen LogP contribution is 2.17. The summed E-state index contributed by atoms with van der Waals surface area (Å²) < 4.78 is 10.4. The predicted octanol–water partition coefficient (Wildman–Crippen LogP) is 2.43. The zero-order valence-electron chi connectivity index (χ0n) is 16.7. The van der Waals surface area contributed by atoms with Gasteiger partial charge in [0.05, 0.1) is 19.3 Å². The molecule has 2 N–H and O–H groups in total. The number of methoxy groups -OCH3 is 1. The van der Waals surface area contributed by atoms with Crippen molar-refractivity contribution in [2.45, 2.75) is 19.4 Å². The molecule has 1 rings (SSSR count). The lowest BCUT2D eigenvalue weighted by Gasteiger charge is -2.26. The molecule has 0 fully saturated rings. The van der Waals surface area contributed by atoms with Crippen LogP contribution in [0.5, 0.6) is 0 Å². The number of aliphatic imine (C=N–C) groups is 1. The van der Waals surface area contributed by atoms with Gasteiger partial charge in [-0.05, 0) is 33.0 Å². The number of hydrogen-bond donors (Lipinski definition) is 2. The van der Waals surface area contributed by atoms with Gasteiger partial charge in [0, 0.05) is 33.9 Å². The van der Waals surface area contributed by atoms with Crippen LogP contribution in [0, 0.1) is 6.92 Å². The zero-order valence-corrected chi connectivity index (χ0v) is 19.1. The maximum atomic E-state index is 5.45. The molecule has 7 heteroatoms. The molecule has 0 amide bonds. The Morgan fingerprint density at radius 3 is 2.38 bits per heavy atom. The highest BCUT2D eigenvalue weighted by molar-refractivity contribution is 14.0. The Hall–Kier alpha value is -0.900. The van der Waals surface area contributed by atoms with E-state index in [-0.39, 0.29) is 30.0 Å². The van der Waals surface area contributed by atoms with Crippen molar-refractivity contribution in [2.75, 3.05) is 61.2 Å². The molecule has 1 aromatic carbocycles. The van der Waals surface area contributed by atoms with Crippen LogP contribution in [0.1, 0.15) is 23.6 Å². The van der Waals surface area contributed by atoms with Gasteiger partial charge in [0.25, 0.3) is 0 Å². The Labute approximate surface area is 175 Å². The normalized spacial score (nSPS) is 12.6. The number of hydrogen-bond acceptors (Lipinski definition) is 4. The minimum atomic E-state index is 0. The molecule has 150 valence electrons. The Bertz CT molecular complexity index is 495. The second kappa shape index (κ2) is 15.2. The number of rotatable bonds is 11. The number of halogens is 1. The number of likely N-dealkylation sites (N-methyl/N-ethyl adjacent to an activating group) is 1. The lowest BCUT2D eigenvalue weighted by atomic mass is 10.0. The van der Waals surface area contributed by atoms with E-state index in [9.17, 15) is 0 Å². The van der Waals surface area contributed by atoms with Gasteiger partial charge in [0.1, 0.15) is 0 Å². The van der Waals surface area contributed by atoms with Crippen LogP contribution in [0.4, 0.5) is 0 Å².